The van der Waals surface area contributed by atoms with Gasteiger partial charge in [-0.05, 0) is 48.2 Å². The van der Waals surface area contributed by atoms with E-state index in [1.54, 1.807) is 30.5 Å². The molecule has 1 amide bonds. The largest absolute Gasteiger partial charge is 0.336 e. The average molecular weight is 462 g/mol. The highest BCUT2D eigenvalue weighted by Gasteiger charge is 2.19. The maximum Gasteiger partial charge on any atom is 0.336 e. The van der Waals surface area contributed by atoms with Crippen molar-refractivity contribution in [3.63, 3.8) is 0 Å². The monoisotopic (exact) mass is 461 g/mol. The first kappa shape index (κ1) is 21.0. The van der Waals surface area contributed by atoms with E-state index in [4.69, 9.17) is 11.6 Å². The normalized spacial score (nSPS) is 11.1. The first-order chi connectivity index (χ1) is 14.7. The minimum Gasteiger partial charge on any atom is -0.324 e. The molecule has 0 radical (unpaired) electrons. The number of amides is 1. The number of nitrogens with zero attached hydrogens (tertiary/aromatic N) is 2. The summed E-state index contributed by atoms with van der Waals surface area (Å²) < 4.78 is 29.4. The molecular weight excluding hydrogens is 448 g/mol. The summed E-state index contributed by atoms with van der Waals surface area (Å²) in [7, 11) is 0. The molecule has 0 saturated heterocycles. The van der Waals surface area contributed by atoms with Crippen molar-refractivity contribution in [3.8, 4) is 5.69 Å². The maximum absolute atomic E-state index is 13.7. The standard InChI is InChI=1S/C21H14ClF2N3O3S/c1-11-2-3-12(22)6-16(11)25-18(28)10-26-17-4-5-31-19(17)20(29)27(21(26)30)15-8-13(23)7-14(24)9-15/h2-9H,10H2,1H3,(H,25,28). The van der Waals surface area contributed by atoms with Gasteiger partial charge in [-0.2, -0.15) is 0 Å². The molecule has 0 saturated carbocycles. The smallest absolute Gasteiger partial charge is 0.324 e. The van der Waals surface area contributed by atoms with E-state index in [0.717, 1.165) is 33.6 Å². The molecule has 0 aliphatic heterocycles. The number of thiophene rings is 1. The second kappa shape index (κ2) is 8.09. The molecule has 2 heterocycles. The molecule has 31 heavy (non-hydrogen) atoms. The predicted molar refractivity (Wildman–Crippen MR) is 116 cm³/mol. The second-order valence-corrected chi connectivity index (χ2v) is 8.13. The summed E-state index contributed by atoms with van der Waals surface area (Å²) in [6.45, 7) is 1.37. The van der Waals surface area contributed by atoms with Crippen LogP contribution < -0.4 is 16.6 Å². The zero-order valence-corrected chi connectivity index (χ0v) is 17.6. The lowest BCUT2D eigenvalue weighted by molar-refractivity contribution is -0.116. The SMILES string of the molecule is Cc1ccc(Cl)cc1NC(=O)Cn1c(=O)n(-c2cc(F)cc(F)c2)c(=O)c2sccc21. The fraction of sp³-hybridized carbons (Fsp3) is 0.0952. The van der Waals surface area contributed by atoms with Crippen LogP contribution in [0.15, 0.2) is 57.4 Å². The van der Waals surface area contributed by atoms with Crippen LogP contribution in [0.2, 0.25) is 5.02 Å². The van der Waals surface area contributed by atoms with Gasteiger partial charge >= 0.3 is 5.69 Å². The Balaban J connectivity index is 1.82. The van der Waals surface area contributed by atoms with Crippen molar-refractivity contribution in [3.05, 3.63) is 90.9 Å². The highest BCUT2D eigenvalue weighted by Crippen LogP contribution is 2.21. The number of aryl methyl sites for hydroxylation is 1. The molecule has 0 bridgehead atoms. The Morgan fingerprint density at radius 1 is 1.10 bits per heavy atom. The topological polar surface area (TPSA) is 73.1 Å². The van der Waals surface area contributed by atoms with Gasteiger partial charge in [0.2, 0.25) is 5.91 Å². The molecule has 158 valence electrons. The fourth-order valence-corrected chi connectivity index (χ4v) is 4.19. The summed E-state index contributed by atoms with van der Waals surface area (Å²) in [6.07, 6.45) is 0. The second-order valence-electron chi connectivity index (χ2n) is 6.78. The number of hydrogen-bond acceptors (Lipinski definition) is 4. The number of hydrogen-bond donors (Lipinski definition) is 1. The van der Waals surface area contributed by atoms with Crippen LogP contribution in [0.4, 0.5) is 14.5 Å². The van der Waals surface area contributed by atoms with Crippen LogP contribution in [0.1, 0.15) is 5.56 Å². The minimum absolute atomic E-state index is 0.177. The van der Waals surface area contributed by atoms with Gasteiger partial charge in [-0.15, -0.1) is 11.3 Å². The van der Waals surface area contributed by atoms with Crippen LogP contribution in [0, 0.1) is 18.6 Å². The van der Waals surface area contributed by atoms with E-state index in [9.17, 15) is 23.2 Å². The number of nitrogens with one attached hydrogen (secondary N) is 1. The zero-order valence-electron chi connectivity index (χ0n) is 16.0. The minimum atomic E-state index is -0.937. The number of fused-ring (bicyclic) bond motifs is 1. The van der Waals surface area contributed by atoms with E-state index < -0.39 is 35.3 Å². The Bertz CT molecular complexity index is 1440. The fourth-order valence-electron chi connectivity index (χ4n) is 3.20. The summed E-state index contributed by atoms with van der Waals surface area (Å²) in [6, 6.07) is 8.93. The third-order valence-electron chi connectivity index (χ3n) is 4.64. The zero-order chi connectivity index (χ0) is 22.3. The van der Waals surface area contributed by atoms with Crippen LogP contribution in [0.5, 0.6) is 0 Å². The van der Waals surface area contributed by atoms with Gasteiger partial charge < -0.3 is 5.32 Å². The van der Waals surface area contributed by atoms with Gasteiger partial charge in [0.05, 0.1) is 11.2 Å². The van der Waals surface area contributed by atoms with Crippen LogP contribution in [-0.4, -0.2) is 15.0 Å². The summed E-state index contributed by atoms with van der Waals surface area (Å²) in [5.41, 5.74) is -0.367. The molecular formula is C21H14ClF2N3O3S. The molecule has 0 atom stereocenters. The van der Waals surface area contributed by atoms with Crippen molar-refractivity contribution in [2.45, 2.75) is 13.5 Å². The van der Waals surface area contributed by atoms with Crippen molar-refractivity contribution >= 4 is 44.7 Å². The molecule has 6 nitrogen and oxygen atoms in total. The molecule has 0 fully saturated rings. The molecule has 2 aromatic heterocycles. The molecule has 1 N–H and O–H groups in total. The Morgan fingerprint density at radius 2 is 1.81 bits per heavy atom. The van der Waals surface area contributed by atoms with Gasteiger partial charge in [0.25, 0.3) is 5.56 Å². The van der Waals surface area contributed by atoms with Crippen LogP contribution >= 0.6 is 22.9 Å². The number of halogens is 3. The van der Waals surface area contributed by atoms with E-state index in [2.05, 4.69) is 5.32 Å². The molecule has 0 unspecified atom stereocenters. The third-order valence-corrected chi connectivity index (χ3v) is 5.76. The van der Waals surface area contributed by atoms with E-state index in [1.807, 2.05) is 0 Å². The highest BCUT2D eigenvalue weighted by atomic mass is 35.5. The summed E-state index contributed by atoms with van der Waals surface area (Å²) in [4.78, 5) is 38.6. The first-order valence-corrected chi connectivity index (χ1v) is 10.3. The molecule has 10 heteroatoms. The van der Waals surface area contributed by atoms with Gasteiger partial charge in [-0.3, -0.25) is 14.2 Å². The van der Waals surface area contributed by atoms with Crippen molar-refractivity contribution in [2.75, 3.05) is 5.32 Å². The number of anilines is 1. The Labute approximate surface area is 182 Å². The Morgan fingerprint density at radius 3 is 2.52 bits per heavy atom. The molecule has 2 aromatic carbocycles. The van der Waals surface area contributed by atoms with Crippen LogP contribution in [-0.2, 0) is 11.3 Å². The highest BCUT2D eigenvalue weighted by molar-refractivity contribution is 7.17. The van der Waals surface area contributed by atoms with Gasteiger partial charge in [-0.1, -0.05) is 17.7 Å². The van der Waals surface area contributed by atoms with E-state index in [-0.39, 0.29) is 15.9 Å². The number of rotatable bonds is 4. The van der Waals surface area contributed by atoms with Crippen molar-refractivity contribution < 1.29 is 13.6 Å². The third kappa shape index (κ3) is 4.01. The summed E-state index contributed by atoms with van der Waals surface area (Å²) >= 11 is 7.04. The molecule has 0 spiro atoms. The Kier molecular flexibility index (Phi) is 5.47. The van der Waals surface area contributed by atoms with E-state index >= 15 is 0 Å². The lowest BCUT2D eigenvalue weighted by Gasteiger charge is -2.13. The number of carbonyl (C=O) groups excluding carboxylic acids is 1. The molecule has 0 aliphatic carbocycles. The molecule has 4 aromatic rings. The lowest BCUT2D eigenvalue weighted by atomic mass is 10.2. The summed E-state index contributed by atoms with van der Waals surface area (Å²) in [5.74, 6) is -2.41. The van der Waals surface area contributed by atoms with Gasteiger partial charge in [0, 0.05) is 16.8 Å². The number of carbonyl (C=O) groups is 1. The van der Waals surface area contributed by atoms with Gasteiger partial charge in [0.15, 0.2) is 0 Å². The number of benzene rings is 2. The van der Waals surface area contributed by atoms with Gasteiger partial charge in [-0.25, -0.2) is 18.1 Å². The van der Waals surface area contributed by atoms with Crippen LogP contribution in [0.3, 0.4) is 0 Å². The van der Waals surface area contributed by atoms with Crippen LogP contribution in [0.25, 0.3) is 15.9 Å². The quantitative estimate of drug-likeness (QED) is 0.497. The maximum atomic E-state index is 13.7. The first-order valence-electron chi connectivity index (χ1n) is 9.00. The summed E-state index contributed by atoms with van der Waals surface area (Å²) in [5, 5.41) is 4.71. The average Bonchev–Trinajstić information content (AvgIpc) is 3.17. The molecule has 0 aliphatic rings. The lowest BCUT2D eigenvalue weighted by Crippen LogP contribution is -2.40. The number of aromatic nitrogens is 2. The Hall–Kier alpha value is -3.30. The van der Waals surface area contributed by atoms with Gasteiger partial charge in [0.1, 0.15) is 22.9 Å². The molecule has 4 rings (SSSR count). The van der Waals surface area contributed by atoms with Crippen molar-refractivity contribution in [1.82, 2.24) is 9.13 Å². The van der Waals surface area contributed by atoms with Crippen molar-refractivity contribution in [2.24, 2.45) is 0 Å². The van der Waals surface area contributed by atoms with E-state index in [0.29, 0.717) is 21.3 Å². The van der Waals surface area contributed by atoms with E-state index in [1.165, 1.54) is 6.07 Å². The predicted octanol–water partition coefficient (Wildman–Crippen LogP) is 4.09. The van der Waals surface area contributed by atoms with Crippen molar-refractivity contribution in [1.29, 1.82) is 0 Å².